The predicted molar refractivity (Wildman–Crippen MR) is 73.2 cm³/mol. The van der Waals surface area contributed by atoms with Crippen molar-refractivity contribution in [1.82, 2.24) is 0 Å². The summed E-state index contributed by atoms with van der Waals surface area (Å²) in [5, 5.41) is 8.98. The number of Topliss-reactive ketones (excluding diaryl/α,β-unsaturated/α-hetero) is 1. The highest BCUT2D eigenvalue weighted by molar-refractivity contribution is 6.00. The van der Waals surface area contributed by atoms with Crippen molar-refractivity contribution in [3.05, 3.63) is 29.1 Å². The van der Waals surface area contributed by atoms with Crippen LogP contribution in [0.15, 0.2) is 12.1 Å². The molecule has 0 aromatic heterocycles. The van der Waals surface area contributed by atoms with Gasteiger partial charge in [-0.2, -0.15) is 0 Å². The van der Waals surface area contributed by atoms with Crippen molar-refractivity contribution in [3.63, 3.8) is 0 Å². The first-order valence-electron chi connectivity index (χ1n) is 6.69. The SMILES string of the molecule is CC(=O)c1cc(F)c(C)cc1N1CCC(CCO)C1. The van der Waals surface area contributed by atoms with Crippen molar-refractivity contribution in [2.45, 2.75) is 26.7 Å². The lowest BCUT2D eigenvalue weighted by Crippen LogP contribution is -2.22. The number of aliphatic hydroxyl groups is 1. The standard InChI is InChI=1S/C15H20FNO2/c1-10-7-15(13(11(2)19)8-14(10)16)17-5-3-12(9-17)4-6-18/h7-8,12,18H,3-6,9H2,1-2H3. The second kappa shape index (κ2) is 5.70. The fourth-order valence-electron chi connectivity index (χ4n) is 2.68. The van der Waals surface area contributed by atoms with Crippen LogP contribution in [0.1, 0.15) is 35.7 Å². The number of rotatable bonds is 4. The third kappa shape index (κ3) is 2.95. The molecular formula is C15H20FNO2. The summed E-state index contributed by atoms with van der Waals surface area (Å²) in [6.45, 7) is 5.06. The summed E-state index contributed by atoms with van der Waals surface area (Å²) >= 11 is 0. The molecule has 1 saturated heterocycles. The Hall–Kier alpha value is -1.42. The normalized spacial score (nSPS) is 18.9. The first kappa shape index (κ1) is 14.0. The minimum atomic E-state index is -0.333. The van der Waals surface area contributed by atoms with E-state index in [4.69, 9.17) is 5.11 Å². The van der Waals surface area contributed by atoms with E-state index in [1.807, 2.05) is 0 Å². The van der Waals surface area contributed by atoms with Gasteiger partial charge in [-0.15, -0.1) is 0 Å². The summed E-state index contributed by atoms with van der Waals surface area (Å²) in [5.41, 5.74) is 1.84. The summed E-state index contributed by atoms with van der Waals surface area (Å²) in [4.78, 5) is 13.8. The van der Waals surface area contributed by atoms with Gasteiger partial charge in [0, 0.05) is 30.9 Å². The molecular weight excluding hydrogens is 245 g/mol. The maximum Gasteiger partial charge on any atom is 0.161 e. The summed E-state index contributed by atoms with van der Waals surface area (Å²) in [5.74, 6) is 0.00901. The zero-order valence-electron chi connectivity index (χ0n) is 11.4. The van der Waals surface area contributed by atoms with Crippen LogP contribution in [0.4, 0.5) is 10.1 Å². The van der Waals surface area contributed by atoms with Crippen LogP contribution in [0.25, 0.3) is 0 Å². The number of hydrogen-bond acceptors (Lipinski definition) is 3. The van der Waals surface area contributed by atoms with Gasteiger partial charge in [0.05, 0.1) is 0 Å². The number of halogens is 1. The van der Waals surface area contributed by atoms with E-state index in [1.54, 1.807) is 13.0 Å². The van der Waals surface area contributed by atoms with Crippen molar-refractivity contribution in [1.29, 1.82) is 0 Å². The number of carbonyl (C=O) groups is 1. The van der Waals surface area contributed by atoms with Gasteiger partial charge in [0.2, 0.25) is 0 Å². The highest BCUT2D eigenvalue weighted by Gasteiger charge is 2.25. The van der Waals surface area contributed by atoms with Crippen molar-refractivity contribution >= 4 is 11.5 Å². The van der Waals surface area contributed by atoms with E-state index >= 15 is 0 Å². The van der Waals surface area contributed by atoms with Crippen molar-refractivity contribution < 1.29 is 14.3 Å². The Balaban J connectivity index is 2.29. The molecule has 1 unspecified atom stereocenters. The number of aryl methyl sites for hydroxylation is 1. The molecule has 0 aliphatic carbocycles. The predicted octanol–water partition coefficient (Wildman–Crippen LogP) is 2.55. The van der Waals surface area contributed by atoms with Gasteiger partial charge in [-0.25, -0.2) is 4.39 Å². The molecule has 0 amide bonds. The lowest BCUT2D eigenvalue weighted by molar-refractivity contribution is 0.101. The number of hydrogen-bond donors (Lipinski definition) is 1. The van der Waals surface area contributed by atoms with Gasteiger partial charge in [0.1, 0.15) is 5.82 Å². The van der Waals surface area contributed by atoms with Gasteiger partial charge >= 0.3 is 0 Å². The number of carbonyl (C=O) groups excluding carboxylic acids is 1. The first-order valence-corrected chi connectivity index (χ1v) is 6.69. The quantitative estimate of drug-likeness (QED) is 0.851. The maximum absolute atomic E-state index is 13.6. The molecule has 19 heavy (non-hydrogen) atoms. The van der Waals surface area contributed by atoms with Crippen LogP contribution in [0.3, 0.4) is 0 Å². The highest BCUT2D eigenvalue weighted by atomic mass is 19.1. The minimum Gasteiger partial charge on any atom is -0.396 e. The molecule has 0 spiro atoms. The third-order valence-electron chi connectivity index (χ3n) is 3.82. The number of benzene rings is 1. The van der Waals surface area contributed by atoms with E-state index in [2.05, 4.69) is 4.90 Å². The second-order valence-corrected chi connectivity index (χ2v) is 5.29. The van der Waals surface area contributed by atoms with Crippen LogP contribution in [-0.2, 0) is 0 Å². The Labute approximate surface area is 113 Å². The number of aliphatic hydroxyl groups excluding tert-OH is 1. The van der Waals surface area contributed by atoms with Crippen LogP contribution in [-0.4, -0.2) is 30.6 Å². The zero-order chi connectivity index (χ0) is 14.0. The molecule has 1 heterocycles. The molecule has 4 heteroatoms. The van der Waals surface area contributed by atoms with Gasteiger partial charge in [-0.1, -0.05) is 0 Å². The van der Waals surface area contributed by atoms with Crippen LogP contribution >= 0.6 is 0 Å². The largest absolute Gasteiger partial charge is 0.396 e. The van der Waals surface area contributed by atoms with E-state index in [0.717, 1.165) is 31.6 Å². The van der Waals surface area contributed by atoms with Crippen LogP contribution < -0.4 is 4.90 Å². The van der Waals surface area contributed by atoms with E-state index in [1.165, 1.54) is 13.0 Å². The van der Waals surface area contributed by atoms with Crippen LogP contribution in [0.5, 0.6) is 0 Å². The Morgan fingerprint density at radius 1 is 1.53 bits per heavy atom. The Kier molecular flexibility index (Phi) is 4.20. The summed E-state index contributed by atoms with van der Waals surface area (Å²) < 4.78 is 13.6. The van der Waals surface area contributed by atoms with Gasteiger partial charge in [0.25, 0.3) is 0 Å². The molecule has 1 fully saturated rings. The fourth-order valence-corrected chi connectivity index (χ4v) is 2.68. The molecule has 1 N–H and O–H groups in total. The third-order valence-corrected chi connectivity index (χ3v) is 3.82. The molecule has 1 atom stereocenters. The Bertz CT molecular complexity index is 487. The maximum atomic E-state index is 13.6. The smallest absolute Gasteiger partial charge is 0.161 e. The molecule has 0 bridgehead atoms. The Morgan fingerprint density at radius 3 is 2.89 bits per heavy atom. The van der Waals surface area contributed by atoms with Crippen LogP contribution in [0.2, 0.25) is 0 Å². The molecule has 1 aromatic carbocycles. The van der Waals surface area contributed by atoms with Crippen molar-refractivity contribution in [2.24, 2.45) is 5.92 Å². The monoisotopic (exact) mass is 265 g/mol. The summed E-state index contributed by atoms with van der Waals surface area (Å²) in [7, 11) is 0. The van der Waals surface area contributed by atoms with E-state index in [9.17, 15) is 9.18 Å². The Morgan fingerprint density at radius 2 is 2.26 bits per heavy atom. The minimum absolute atomic E-state index is 0.112. The van der Waals surface area contributed by atoms with Gasteiger partial charge in [-0.3, -0.25) is 4.79 Å². The van der Waals surface area contributed by atoms with E-state index in [0.29, 0.717) is 17.0 Å². The average Bonchev–Trinajstić information content (AvgIpc) is 2.81. The molecule has 1 aromatic rings. The number of anilines is 1. The molecule has 0 saturated carbocycles. The molecule has 0 radical (unpaired) electrons. The topological polar surface area (TPSA) is 40.5 Å². The fraction of sp³-hybridized carbons (Fsp3) is 0.533. The molecule has 2 rings (SSSR count). The average molecular weight is 265 g/mol. The molecule has 3 nitrogen and oxygen atoms in total. The van der Waals surface area contributed by atoms with E-state index in [-0.39, 0.29) is 18.2 Å². The second-order valence-electron chi connectivity index (χ2n) is 5.29. The lowest BCUT2D eigenvalue weighted by Gasteiger charge is -2.22. The first-order chi connectivity index (χ1) is 9.02. The number of ketones is 1. The summed E-state index contributed by atoms with van der Waals surface area (Å²) in [6.07, 6.45) is 1.79. The summed E-state index contributed by atoms with van der Waals surface area (Å²) in [6, 6.07) is 3.10. The van der Waals surface area contributed by atoms with E-state index < -0.39 is 0 Å². The van der Waals surface area contributed by atoms with Gasteiger partial charge < -0.3 is 10.0 Å². The van der Waals surface area contributed by atoms with Crippen molar-refractivity contribution in [2.75, 3.05) is 24.6 Å². The molecule has 1 aliphatic heterocycles. The number of nitrogens with zero attached hydrogens (tertiary/aromatic N) is 1. The van der Waals surface area contributed by atoms with Gasteiger partial charge in [-0.05, 0) is 50.3 Å². The van der Waals surface area contributed by atoms with Gasteiger partial charge in [0.15, 0.2) is 5.78 Å². The zero-order valence-corrected chi connectivity index (χ0v) is 11.4. The highest BCUT2D eigenvalue weighted by Crippen LogP contribution is 2.30. The van der Waals surface area contributed by atoms with Crippen molar-refractivity contribution in [3.8, 4) is 0 Å². The molecule has 104 valence electrons. The molecule has 1 aliphatic rings. The lowest BCUT2D eigenvalue weighted by atomic mass is 10.0. The van der Waals surface area contributed by atoms with Crippen LogP contribution in [0, 0.1) is 18.7 Å².